The van der Waals surface area contributed by atoms with Gasteiger partial charge in [0.15, 0.2) is 0 Å². The molecule has 7 heteroatoms. The van der Waals surface area contributed by atoms with Crippen LogP contribution in [0.2, 0.25) is 0 Å². The summed E-state index contributed by atoms with van der Waals surface area (Å²) in [5.41, 5.74) is 3.12. The summed E-state index contributed by atoms with van der Waals surface area (Å²) in [5.74, 6) is 0.717. The molecule has 0 unspecified atom stereocenters. The van der Waals surface area contributed by atoms with E-state index in [-0.39, 0.29) is 0 Å². The number of rotatable bonds is 8. The molecule has 0 saturated carbocycles. The van der Waals surface area contributed by atoms with Crippen molar-refractivity contribution in [3.63, 3.8) is 0 Å². The van der Waals surface area contributed by atoms with Crippen molar-refractivity contribution < 1.29 is 0 Å². The third kappa shape index (κ3) is 6.65. The monoisotopic (exact) mass is 457 g/mol. The average molecular weight is 458 g/mol. The van der Waals surface area contributed by atoms with Gasteiger partial charge in [-0.25, -0.2) is 0 Å². The Morgan fingerprint density at radius 2 is 2.11 bits per heavy atom. The number of halogens is 1. The highest BCUT2D eigenvalue weighted by Crippen LogP contribution is 2.25. The number of benzene rings is 1. The van der Waals surface area contributed by atoms with Crippen LogP contribution in [-0.2, 0) is 6.54 Å². The van der Waals surface area contributed by atoms with Gasteiger partial charge in [-0.1, -0.05) is 30.8 Å². The molecule has 0 aliphatic heterocycles. The van der Waals surface area contributed by atoms with Gasteiger partial charge < -0.3 is 5.32 Å². The molecule has 0 atom stereocenters. The number of hydrogen-bond donors (Lipinski definition) is 1. The van der Waals surface area contributed by atoms with Crippen LogP contribution in [0.5, 0.6) is 0 Å². The Morgan fingerprint density at radius 1 is 1.32 bits per heavy atom. The summed E-state index contributed by atoms with van der Waals surface area (Å²) < 4.78 is 0.691. The molecule has 1 aromatic heterocycles. The van der Waals surface area contributed by atoms with Gasteiger partial charge in [0.05, 0.1) is 12.8 Å². The number of aromatic nitrogens is 1. The van der Waals surface area contributed by atoms with E-state index in [1.807, 2.05) is 50.6 Å². The van der Waals surface area contributed by atoms with Gasteiger partial charge in [0.2, 0.25) is 0 Å². The molecule has 0 radical (unpaired) electrons. The second-order valence-electron chi connectivity index (χ2n) is 5.76. The Kier molecular flexibility index (Phi) is 8.97. The smallest absolute Gasteiger partial charge is 0.146 e. The lowest BCUT2D eigenvalue weighted by Crippen LogP contribution is -2.22. The van der Waals surface area contributed by atoms with Crippen molar-refractivity contribution in [1.82, 2.24) is 15.3 Å². The molecule has 0 spiro atoms. The molecule has 2 rings (SSSR count). The van der Waals surface area contributed by atoms with Crippen molar-refractivity contribution in [2.24, 2.45) is 10.1 Å². The fourth-order valence-corrected chi connectivity index (χ4v) is 3.10. The summed E-state index contributed by atoms with van der Waals surface area (Å²) >= 11 is 5.01. The number of allylic oxidation sites excluding steroid dienone is 1. The first-order valence-electron chi connectivity index (χ1n) is 8.63. The lowest BCUT2D eigenvalue weighted by Gasteiger charge is -2.17. The van der Waals surface area contributed by atoms with Crippen LogP contribution in [0.4, 0.5) is 0 Å². The molecule has 0 aliphatic carbocycles. The molecule has 2 aromatic rings. The highest BCUT2D eigenvalue weighted by molar-refractivity contribution is 9.12. The van der Waals surface area contributed by atoms with E-state index < -0.39 is 0 Å². The van der Waals surface area contributed by atoms with Crippen LogP contribution >= 0.6 is 27.7 Å². The molecular weight excluding hydrogens is 434 g/mol. The fraction of sp³-hybridized carbons (Fsp3) is 0.190. The molecule has 5 nitrogen and oxygen atoms in total. The Bertz CT molecular complexity index is 877. The number of aliphatic imine (C=N–C) groups is 1. The molecule has 0 bridgehead atoms. The summed E-state index contributed by atoms with van der Waals surface area (Å²) in [6, 6.07) is 12.2. The fourth-order valence-electron chi connectivity index (χ4n) is 2.39. The number of amidine groups is 1. The van der Waals surface area contributed by atoms with Gasteiger partial charge in [0.1, 0.15) is 5.84 Å². The Hall–Kier alpha value is -2.38. The molecule has 146 valence electrons. The zero-order valence-electron chi connectivity index (χ0n) is 16.3. The lowest BCUT2D eigenvalue weighted by molar-refractivity contribution is 0.547. The highest BCUT2D eigenvalue weighted by atomic mass is 79.9. The third-order valence-corrected chi connectivity index (χ3v) is 4.79. The van der Waals surface area contributed by atoms with E-state index in [1.165, 1.54) is 4.90 Å². The van der Waals surface area contributed by atoms with Crippen molar-refractivity contribution in [2.75, 3.05) is 20.4 Å². The van der Waals surface area contributed by atoms with Crippen LogP contribution in [0.25, 0.3) is 5.70 Å². The minimum absolute atomic E-state index is 0.510. The maximum atomic E-state index is 4.76. The van der Waals surface area contributed by atoms with Gasteiger partial charge in [-0.15, -0.1) is 11.8 Å². The zero-order valence-corrected chi connectivity index (χ0v) is 18.7. The van der Waals surface area contributed by atoms with Gasteiger partial charge in [-0.05, 0) is 39.9 Å². The molecule has 0 amide bonds. The number of hydrazone groups is 1. The van der Waals surface area contributed by atoms with E-state index in [2.05, 4.69) is 56.3 Å². The number of pyridine rings is 1. The second-order valence-corrected chi connectivity index (χ2v) is 7.63. The van der Waals surface area contributed by atoms with Gasteiger partial charge in [0.25, 0.3) is 0 Å². The number of likely N-dealkylation sites (N-methyl/N-ethyl adjacent to an activating group) is 1. The first-order valence-corrected chi connectivity index (χ1v) is 10.6. The van der Waals surface area contributed by atoms with Crippen LogP contribution < -0.4 is 5.32 Å². The van der Waals surface area contributed by atoms with Crippen LogP contribution in [-0.4, -0.2) is 42.4 Å². The standard InChI is InChI=1S/C21H24BrN5S/c1-16(22)13-26-27(3)21(25-15-17-8-7-11-24-14-17)12-19(23-2)18-9-5-6-10-20(18)28-4/h5-14,23H,1,15H2,2-4H3/b19-12?,25-21?,26-13-. The molecule has 1 heterocycles. The number of hydrogen-bond acceptors (Lipinski definition) is 5. The molecule has 0 fully saturated rings. The van der Waals surface area contributed by atoms with Crippen LogP contribution in [0.3, 0.4) is 0 Å². The van der Waals surface area contributed by atoms with Gasteiger partial charge in [-0.3, -0.25) is 15.0 Å². The van der Waals surface area contributed by atoms with Crippen molar-refractivity contribution >= 4 is 45.4 Å². The van der Waals surface area contributed by atoms with Gasteiger partial charge in [-0.2, -0.15) is 5.10 Å². The first kappa shape index (κ1) is 21.9. The Balaban J connectivity index is 2.43. The summed E-state index contributed by atoms with van der Waals surface area (Å²) in [6.45, 7) is 4.30. The number of thioether (sulfide) groups is 1. The largest absolute Gasteiger partial charge is 0.387 e. The van der Waals surface area contributed by atoms with E-state index in [1.54, 1.807) is 29.2 Å². The molecule has 0 aliphatic rings. The molecule has 1 aromatic carbocycles. The Morgan fingerprint density at radius 3 is 2.75 bits per heavy atom. The third-order valence-electron chi connectivity index (χ3n) is 3.79. The van der Waals surface area contributed by atoms with E-state index in [4.69, 9.17) is 4.99 Å². The normalized spacial score (nSPS) is 12.3. The van der Waals surface area contributed by atoms with E-state index >= 15 is 0 Å². The van der Waals surface area contributed by atoms with E-state index in [9.17, 15) is 0 Å². The SMILES string of the molecule is C=C(Br)/C=N\N(C)C(C=C(NC)c1ccccc1SC)=NCc1cccnc1. The van der Waals surface area contributed by atoms with E-state index in [0.717, 1.165) is 16.8 Å². The van der Waals surface area contributed by atoms with Crippen LogP contribution in [0, 0.1) is 0 Å². The summed E-state index contributed by atoms with van der Waals surface area (Å²) in [7, 11) is 3.77. The highest BCUT2D eigenvalue weighted by Gasteiger charge is 2.09. The van der Waals surface area contributed by atoms with Crippen molar-refractivity contribution in [3.8, 4) is 0 Å². The Labute approximate surface area is 179 Å². The second kappa shape index (κ2) is 11.5. The topological polar surface area (TPSA) is 52.9 Å². The molecule has 0 saturated heterocycles. The van der Waals surface area contributed by atoms with Crippen LogP contribution in [0.1, 0.15) is 11.1 Å². The minimum atomic E-state index is 0.510. The van der Waals surface area contributed by atoms with Gasteiger partial charge >= 0.3 is 0 Å². The minimum Gasteiger partial charge on any atom is -0.387 e. The molecular formula is C21H24BrN5S. The van der Waals surface area contributed by atoms with Gasteiger partial charge in [0, 0.05) is 53.2 Å². The maximum absolute atomic E-state index is 4.76. The lowest BCUT2D eigenvalue weighted by atomic mass is 10.1. The van der Waals surface area contributed by atoms with Crippen molar-refractivity contribution in [1.29, 1.82) is 0 Å². The van der Waals surface area contributed by atoms with Crippen molar-refractivity contribution in [3.05, 3.63) is 77.1 Å². The summed E-state index contributed by atoms with van der Waals surface area (Å²) in [6.07, 6.45) is 9.28. The summed E-state index contributed by atoms with van der Waals surface area (Å²) in [5, 5.41) is 9.41. The molecule has 1 N–H and O–H groups in total. The number of nitrogens with zero attached hydrogens (tertiary/aromatic N) is 4. The number of nitrogens with one attached hydrogen (secondary N) is 1. The zero-order chi connectivity index (χ0) is 20.4. The predicted molar refractivity (Wildman–Crippen MR) is 125 cm³/mol. The quantitative estimate of drug-likeness (QED) is 0.268. The summed E-state index contributed by atoms with van der Waals surface area (Å²) in [4.78, 5) is 10.1. The molecule has 28 heavy (non-hydrogen) atoms. The predicted octanol–water partition coefficient (Wildman–Crippen LogP) is 4.79. The first-order chi connectivity index (χ1) is 13.5. The average Bonchev–Trinajstić information content (AvgIpc) is 2.73. The maximum Gasteiger partial charge on any atom is 0.146 e. The van der Waals surface area contributed by atoms with Crippen LogP contribution in [0.15, 0.2) is 80.9 Å². The van der Waals surface area contributed by atoms with Crippen molar-refractivity contribution in [2.45, 2.75) is 11.4 Å². The van der Waals surface area contributed by atoms with E-state index in [0.29, 0.717) is 16.9 Å².